The molecular formula is C26H29ClF4N4O2. The van der Waals surface area contributed by atoms with Gasteiger partial charge in [0.15, 0.2) is 0 Å². The van der Waals surface area contributed by atoms with E-state index in [9.17, 15) is 22.4 Å². The number of rotatable bonds is 9. The molecule has 1 aromatic heterocycles. The molecule has 0 bridgehead atoms. The number of benzene rings is 1. The zero-order valence-corrected chi connectivity index (χ0v) is 21.0. The second-order valence-electron chi connectivity index (χ2n) is 10.4. The quantitative estimate of drug-likeness (QED) is 0.435. The van der Waals surface area contributed by atoms with Gasteiger partial charge in [0, 0.05) is 19.2 Å². The van der Waals surface area contributed by atoms with Crippen LogP contribution >= 0.6 is 11.6 Å². The monoisotopic (exact) mass is 540 g/mol. The molecule has 1 saturated heterocycles. The first-order valence-corrected chi connectivity index (χ1v) is 13.0. The Morgan fingerprint density at radius 2 is 1.89 bits per heavy atom. The summed E-state index contributed by atoms with van der Waals surface area (Å²) in [5, 5.41) is 2.55. The van der Waals surface area contributed by atoms with Crippen molar-refractivity contribution in [3.8, 4) is 5.75 Å². The Kier molecular flexibility index (Phi) is 7.22. The van der Waals surface area contributed by atoms with Gasteiger partial charge in [0.05, 0.1) is 30.4 Å². The third-order valence-electron chi connectivity index (χ3n) is 7.82. The van der Waals surface area contributed by atoms with Crippen LogP contribution in [0.4, 0.5) is 23.5 Å². The van der Waals surface area contributed by atoms with Crippen LogP contribution in [0.15, 0.2) is 30.6 Å². The molecule has 2 atom stereocenters. The van der Waals surface area contributed by atoms with Crippen LogP contribution in [-0.4, -0.2) is 47.3 Å². The van der Waals surface area contributed by atoms with E-state index in [0.717, 1.165) is 38.3 Å². The minimum absolute atomic E-state index is 0.0421. The summed E-state index contributed by atoms with van der Waals surface area (Å²) >= 11 is 5.87. The highest BCUT2D eigenvalue weighted by Gasteiger charge is 2.64. The van der Waals surface area contributed by atoms with Gasteiger partial charge in [0.2, 0.25) is 11.9 Å². The summed E-state index contributed by atoms with van der Waals surface area (Å²) in [5.74, 6) is 1.52. The SMILES string of the molecule is O=C(Cc1ccc(OCC[C@H]2C[C@H]2C2CCN(c3ncc(Cl)cn3)CC2)cc1F)NC1(C(F)(F)F)CC1. The molecule has 11 heteroatoms. The summed E-state index contributed by atoms with van der Waals surface area (Å²) in [6, 6.07) is 4.15. The van der Waals surface area contributed by atoms with Crippen molar-refractivity contribution in [2.75, 3.05) is 24.6 Å². The van der Waals surface area contributed by atoms with Gasteiger partial charge >= 0.3 is 6.18 Å². The number of anilines is 1. The summed E-state index contributed by atoms with van der Waals surface area (Å²) in [6.07, 6.45) is 2.25. The van der Waals surface area contributed by atoms with Gasteiger partial charge in [-0.05, 0) is 67.9 Å². The van der Waals surface area contributed by atoms with E-state index in [1.54, 1.807) is 18.5 Å². The number of hydrogen-bond acceptors (Lipinski definition) is 5. The van der Waals surface area contributed by atoms with Gasteiger partial charge in [0.1, 0.15) is 17.1 Å². The van der Waals surface area contributed by atoms with Crippen LogP contribution in [0.2, 0.25) is 5.02 Å². The fourth-order valence-electron chi connectivity index (χ4n) is 5.35. The minimum atomic E-state index is -4.50. The molecule has 200 valence electrons. The standard InChI is InChI=1S/C26H29ClF4N4O2/c27-19-14-32-24(33-15-19)35-8-3-16(4-9-35)21-11-17(21)5-10-37-20-2-1-18(22(28)13-20)12-23(36)34-25(6-7-25)26(29,30)31/h1-2,13-17,21H,3-12H2,(H,34,36)/t17-,21-/m0/s1. The van der Waals surface area contributed by atoms with Crippen LogP contribution in [0.3, 0.4) is 0 Å². The lowest BCUT2D eigenvalue weighted by Gasteiger charge is -2.32. The van der Waals surface area contributed by atoms with Gasteiger partial charge in [-0.2, -0.15) is 13.2 Å². The van der Waals surface area contributed by atoms with E-state index >= 15 is 0 Å². The van der Waals surface area contributed by atoms with Gasteiger partial charge < -0.3 is 15.0 Å². The lowest BCUT2D eigenvalue weighted by molar-refractivity contribution is -0.170. The molecule has 2 saturated carbocycles. The van der Waals surface area contributed by atoms with Crippen LogP contribution in [-0.2, 0) is 11.2 Å². The minimum Gasteiger partial charge on any atom is -0.493 e. The number of carbonyl (C=O) groups excluding carboxylic acids is 1. The van der Waals surface area contributed by atoms with Crippen LogP contribution in [0.25, 0.3) is 0 Å². The van der Waals surface area contributed by atoms with Crippen molar-refractivity contribution in [1.29, 1.82) is 0 Å². The van der Waals surface area contributed by atoms with Crippen molar-refractivity contribution in [2.24, 2.45) is 17.8 Å². The first-order chi connectivity index (χ1) is 17.6. The summed E-state index contributed by atoms with van der Waals surface area (Å²) < 4.78 is 59.2. The maximum absolute atomic E-state index is 14.5. The zero-order chi connectivity index (χ0) is 26.2. The van der Waals surface area contributed by atoms with Gasteiger partial charge in [-0.1, -0.05) is 17.7 Å². The fourth-order valence-corrected chi connectivity index (χ4v) is 5.45. The summed E-state index contributed by atoms with van der Waals surface area (Å²) in [6.45, 7) is 2.31. The van der Waals surface area contributed by atoms with E-state index in [0.29, 0.717) is 35.1 Å². The third-order valence-corrected chi connectivity index (χ3v) is 8.01. The van der Waals surface area contributed by atoms with E-state index in [-0.39, 0.29) is 18.4 Å². The van der Waals surface area contributed by atoms with E-state index in [1.165, 1.54) is 18.6 Å². The highest BCUT2D eigenvalue weighted by atomic mass is 35.5. The lowest BCUT2D eigenvalue weighted by Crippen LogP contribution is -2.48. The number of nitrogens with one attached hydrogen (secondary N) is 1. The zero-order valence-electron chi connectivity index (χ0n) is 20.2. The molecular weight excluding hydrogens is 512 g/mol. The van der Waals surface area contributed by atoms with Crippen molar-refractivity contribution in [3.05, 3.63) is 47.0 Å². The number of carbonyl (C=O) groups is 1. The number of hydrogen-bond donors (Lipinski definition) is 1. The predicted molar refractivity (Wildman–Crippen MR) is 130 cm³/mol. The van der Waals surface area contributed by atoms with E-state index < -0.39 is 29.9 Å². The van der Waals surface area contributed by atoms with Gasteiger partial charge in [-0.15, -0.1) is 0 Å². The molecule has 0 spiro atoms. The normalized spacial score (nSPS) is 23.0. The topological polar surface area (TPSA) is 67.3 Å². The molecule has 2 heterocycles. The van der Waals surface area contributed by atoms with Gasteiger partial charge in [-0.3, -0.25) is 4.79 Å². The number of halogens is 5. The Hall–Kier alpha value is -2.62. The number of amides is 1. The molecule has 1 aliphatic heterocycles. The Morgan fingerprint density at radius 1 is 1.19 bits per heavy atom. The van der Waals surface area contributed by atoms with E-state index in [4.69, 9.17) is 16.3 Å². The number of aromatic nitrogens is 2. The Balaban J connectivity index is 1.02. The largest absolute Gasteiger partial charge is 0.493 e. The Morgan fingerprint density at radius 3 is 2.51 bits per heavy atom. The van der Waals surface area contributed by atoms with Crippen LogP contribution in [0.1, 0.15) is 44.1 Å². The molecule has 0 unspecified atom stereocenters. The molecule has 2 aliphatic carbocycles. The second kappa shape index (κ2) is 10.3. The van der Waals surface area contributed by atoms with Crippen molar-refractivity contribution in [3.63, 3.8) is 0 Å². The fraction of sp³-hybridized carbons (Fsp3) is 0.577. The Bertz CT molecular complexity index is 1120. The van der Waals surface area contributed by atoms with Crippen LogP contribution in [0.5, 0.6) is 5.75 Å². The van der Waals surface area contributed by atoms with Crippen LogP contribution < -0.4 is 15.0 Å². The molecule has 3 fully saturated rings. The molecule has 0 radical (unpaired) electrons. The maximum Gasteiger partial charge on any atom is 0.411 e. The first-order valence-electron chi connectivity index (χ1n) is 12.6. The van der Waals surface area contributed by atoms with Crippen molar-refractivity contribution >= 4 is 23.5 Å². The van der Waals surface area contributed by atoms with E-state index in [1.807, 2.05) is 5.32 Å². The summed E-state index contributed by atoms with van der Waals surface area (Å²) in [5.41, 5.74) is -2.10. The maximum atomic E-state index is 14.5. The molecule has 1 N–H and O–H groups in total. The van der Waals surface area contributed by atoms with Crippen LogP contribution in [0, 0.1) is 23.6 Å². The van der Waals surface area contributed by atoms with Gasteiger partial charge in [-0.25, -0.2) is 14.4 Å². The first kappa shape index (κ1) is 26.0. The van der Waals surface area contributed by atoms with E-state index in [2.05, 4.69) is 14.9 Å². The lowest BCUT2D eigenvalue weighted by atomic mass is 9.90. The van der Waals surface area contributed by atoms with Crippen molar-refractivity contribution in [1.82, 2.24) is 15.3 Å². The highest BCUT2D eigenvalue weighted by molar-refractivity contribution is 6.30. The highest BCUT2D eigenvalue weighted by Crippen LogP contribution is 2.50. The van der Waals surface area contributed by atoms with Gasteiger partial charge in [0.25, 0.3) is 0 Å². The molecule has 37 heavy (non-hydrogen) atoms. The number of alkyl halides is 3. The molecule has 3 aliphatic rings. The number of ether oxygens (including phenoxy) is 1. The smallest absolute Gasteiger partial charge is 0.411 e. The average molecular weight is 541 g/mol. The molecule has 1 amide bonds. The number of nitrogens with zero attached hydrogens (tertiary/aromatic N) is 3. The van der Waals surface area contributed by atoms with Crippen molar-refractivity contribution in [2.45, 2.75) is 56.7 Å². The number of piperidine rings is 1. The average Bonchev–Trinajstić information content (AvgIpc) is 3.78. The third kappa shape index (κ3) is 6.10. The summed E-state index contributed by atoms with van der Waals surface area (Å²) in [4.78, 5) is 22.8. The Labute approximate surface area is 217 Å². The summed E-state index contributed by atoms with van der Waals surface area (Å²) in [7, 11) is 0. The second-order valence-corrected chi connectivity index (χ2v) is 10.8. The van der Waals surface area contributed by atoms with Crippen molar-refractivity contribution < 1.29 is 27.1 Å². The molecule has 6 nitrogen and oxygen atoms in total. The molecule has 5 rings (SSSR count). The molecule has 1 aromatic carbocycles. The molecule has 2 aromatic rings. The predicted octanol–water partition coefficient (Wildman–Crippen LogP) is 5.34.